The number of esters is 1. The molecule has 2 aromatic carbocycles. The maximum absolute atomic E-state index is 13.1. The summed E-state index contributed by atoms with van der Waals surface area (Å²) in [4.78, 5) is 13.1. The zero-order chi connectivity index (χ0) is 21.6. The Hall–Kier alpha value is -2.29. The number of methoxy groups -OCH3 is 1. The van der Waals surface area contributed by atoms with Crippen LogP contribution < -0.4 is 9.47 Å². The summed E-state index contributed by atoms with van der Waals surface area (Å²) in [5.74, 6) is 1.62. The van der Waals surface area contributed by atoms with E-state index in [1.54, 1.807) is 7.11 Å². The summed E-state index contributed by atoms with van der Waals surface area (Å²) in [6, 6.07) is 12.3. The van der Waals surface area contributed by atoms with E-state index in [1.165, 1.54) is 11.1 Å². The van der Waals surface area contributed by atoms with Gasteiger partial charge in [-0.3, -0.25) is 4.79 Å². The predicted octanol–water partition coefficient (Wildman–Crippen LogP) is 6.31. The molecular weight excluding hydrogens is 360 g/mol. The zero-order valence-electron chi connectivity index (χ0n) is 19.1. The van der Waals surface area contributed by atoms with E-state index in [0.717, 1.165) is 29.0 Å². The standard InChI is InChI=1S/C26H34O3/c1-16-13-21(25(2,3)4)23(22(14-16)26(5,6)7)29-24(27)20-15-19(20)17-9-11-18(28-8)12-10-17/h9-14,19-20H,15H2,1-8H3/t19-,20+/m1/s1. The second kappa shape index (κ2) is 7.51. The molecule has 1 fully saturated rings. The van der Waals surface area contributed by atoms with E-state index < -0.39 is 0 Å². The van der Waals surface area contributed by atoms with Crippen molar-refractivity contribution in [2.75, 3.05) is 7.11 Å². The maximum atomic E-state index is 13.1. The first-order chi connectivity index (χ1) is 13.4. The molecule has 2 aromatic rings. The van der Waals surface area contributed by atoms with Gasteiger partial charge in [0.05, 0.1) is 13.0 Å². The number of hydrogen-bond acceptors (Lipinski definition) is 3. The molecule has 0 aromatic heterocycles. The number of ether oxygens (including phenoxy) is 2. The van der Waals surface area contributed by atoms with Gasteiger partial charge in [-0.05, 0) is 47.8 Å². The second-order valence-corrected chi connectivity index (χ2v) is 10.3. The smallest absolute Gasteiger partial charge is 0.314 e. The van der Waals surface area contributed by atoms with Crippen molar-refractivity contribution in [3.05, 3.63) is 58.7 Å². The van der Waals surface area contributed by atoms with E-state index in [1.807, 2.05) is 24.3 Å². The second-order valence-electron chi connectivity index (χ2n) is 10.3. The molecule has 1 saturated carbocycles. The fourth-order valence-corrected chi connectivity index (χ4v) is 3.85. The summed E-state index contributed by atoms with van der Waals surface area (Å²) < 4.78 is 11.4. The molecule has 3 nitrogen and oxygen atoms in total. The normalized spacial score (nSPS) is 19.0. The number of carbonyl (C=O) groups is 1. The molecule has 3 rings (SSSR count). The SMILES string of the molecule is COc1ccc([C@H]2C[C@@H]2C(=O)Oc2c(C(C)(C)C)cc(C)cc2C(C)(C)C)cc1. The Bertz CT molecular complexity index is 860. The van der Waals surface area contributed by atoms with E-state index in [9.17, 15) is 4.79 Å². The van der Waals surface area contributed by atoms with Crippen LogP contribution >= 0.6 is 0 Å². The van der Waals surface area contributed by atoms with E-state index >= 15 is 0 Å². The Kier molecular flexibility index (Phi) is 5.55. The fourth-order valence-electron chi connectivity index (χ4n) is 3.85. The molecule has 0 unspecified atom stereocenters. The van der Waals surface area contributed by atoms with Gasteiger partial charge in [0.25, 0.3) is 0 Å². The molecule has 156 valence electrons. The summed E-state index contributed by atoms with van der Waals surface area (Å²) >= 11 is 0. The van der Waals surface area contributed by atoms with Crippen LogP contribution in [-0.4, -0.2) is 13.1 Å². The zero-order valence-corrected chi connectivity index (χ0v) is 19.1. The van der Waals surface area contributed by atoms with Crippen LogP contribution in [0.1, 0.15) is 76.1 Å². The molecule has 1 aliphatic rings. The van der Waals surface area contributed by atoms with Crippen molar-refractivity contribution < 1.29 is 14.3 Å². The van der Waals surface area contributed by atoms with Gasteiger partial charge in [-0.2, -0.15) is 0 Å². The third-order valence-electron chi connectivity index (χ3n) is 5.69. The van der Waals surface area contributed by atoms with Crippen molar-refractivity contribution >= 4 is 5.97 Å². The number of benzene rings is 2. The van der Waals surface area contributed by atoms with Crippen LogP contribution in [0.4, 0.5) is 0 Å². The molecule has 0 aliphatic heterocycles. The molecular formula is C26H34O3. The fraction of sp³-hybridized carbons (Fsp3) is 0.500. The quantitative estimate of drug-likeness (QED) is 0.450. The van der Waals surface area contributed by atoms with E-state index in [0.29, 0.717) is 0 Å². The van der Waals surface area contributed by atoms with Gasteiger partial charge in [-0.15, -0.1) is 0 Å². The summed E-state index contributed by atoms with van der Waals surface area (Å²) in [7, 11) is 1.66. The Balaban J connectivity index is 1.88. The van der Waals surface area contributed by atoms with Crippen LogP contribution in [0.3, 0.4) is 0 Å². The van der Waals surface area contributed by atoms with Crippen LogP contribution in [0.25, 0.3) is 0 Å². The largest absolute Gasteiger partial charge is 0.497 e. The van der Waals surface area contributed by atoms with Crippen LogP contribution in [0.5, 0.6) is 11.5 Å². The van der Waals surface area contributed by atoms with Gasteiger partial charge in [0.15, 0.2) is 0 Å². The molecule has 29 heavy (non-hydrogen) atoms. The van der Waals surface area contributed by atoms with Gasteiger partial charge in [0, 0.05) is 11.1 Å². The van der Waals surface area contributed by atoms with Gasteiger partial charge in [-0.25, -0.2) is 0 Å². The summed E-state index contributed by atoms with van der Waals surface area (Å²) in [5, 5.41) is 0. The van der Waals surface area contributed by atoms with Crippen molar-refractivity contribution in [1.82, 2.24) is 0 Å². The number of rotatable bonds is 4. The number of aryl methyl sites for hydroxylation is 1. The lowest BCUT2D eigenvalue weighted by Gasteiger charge is -2.29. The molecule has 1 aliphatic carbocycles. The van der Waals surface area contributed by atoms with Gasteiger partial charge < -0.3 is 9.47 Å². The molecule has 3 heteroatoms. The minimum absolute atomic E-state index is 0.0784. The van der Waals surface area contributed by atoms with E-state index in [4.69, 9.17) is 9.47 Å². The molecule has 0 spiro atoms. The first kappa shape index (κ1) is 21.4. The minimum atomic E-state index is -0.120. The van der Waals surface area contributed by atoms with Crippen molar-refractivity contribution in [3.8, 4) is 11.5 Å². The summed E-state index contributed by atoms with van der Waals surface area (Å²) in [6.45, 7) is 15.1. The Labute approximate surface area is 175 Å². The highest BCUT2D eigenvalue weighted by Gasteiger charge is 2.46. The van der Waals surface area contributed by atoms with Gasteiger partial charge >= 0.3 is 5.97 Å². The van der Waals surface area contributed by atoms with Crippen LogP contribution in [0, 0.1) is 12.8 Å². The minimum Gasteiger partial charge on any atom is -0.497 e. The first-order valence-corrected chi connectivity index (χ1v) is 10.4. The summed E-state index contributed by atoms with van der Waals surface area (Å²) in [6.07, 6.45) is 0.840. The molecule has 0 bridgehead atoms. The third kappa shape index (κ3) is 4.66. The van der Waals surface area contributed by atoms with Crippen molar-refractivity contribution in [3.63, 3.8) is 0 Å². The average molecular weight is 395 g/mol. The van der Waals surface area contributed by atoms with E-state index in [-0.39, 0.29) is 28.6 Å². The van der Waals surface area contributed by atoms with Crippen molar-refractivity contribution in [2.24, 2.45) is 5.92 Å². The van der Waals surface area contributed by atoms with Crippen LogP contribution in [0.2, 0.25) is 0 Å². The molecule has 0 heterocycles. The topological polar surface area (TPSA) is 35.5 Å². The van der Waals surface area contributed by atoms with Crippen molar-refractivity contribution in [2.45, 2.75) is 71.6 Å². The number of carbonyl (C=O) groups excluding carboxylic acids is 1. The highest BCUT2D eigenvalue weighted by molar-refractivity contribution is 5.80. The Morgan fingerprint density at radius 3 is 1.90 bits per heavy atom. The van der Waals surface area contributed by atoms with Gasteiger partial charge in [0.1, 0.15) is 11.5 Å². The number of hydrogen-bond donors (Lipinski definition) is 0. The van der Waals surface area contributed by atoms with Gasteiger partial charge in [-0.1, -0.05) is 71.4 Å². The first-order valence-electron chi connectivity index (χ1n) is 10.4. The summed E-state index contributed by atoms with van der Waals surface area (Å²) in [5.41, 5.74) is 4.34. The Morgan fingerprint density at radius 1 is 0.931 bits per heavy atom. The Morgan fingerprint density at radius 2 is 1.45 bits per heavy atom. The maximum Gasteiger partial charge on any atom is 0.314 e. The third-order valence-corrected chi connectivity index (χ3v) is 5.69. The lowest BCUT2D eigenvalue weighted by Crippen LogP contribution is -2.23. The lowest BCUT2D eigenvalue weighted by molar-refractivity contribution is -0.136. The molecule has 0 amide bonds. The highest BCUT2D eigenvalue weighted by atomic mass is 16.5. The monoisotopic (exact) mass is 394 g/mol. The van der Waals surface area contributed by atoms with Crippen LogP contribution in [0.15, 0.2) is 36.4 Å². The molecule has 0 saturated heterocycles. The van der Waals surface area contributed by atoms with Crippen LogP contribution in [-0.2, 0) is 15.6 Å². The lowest BCUT2D eigenvalue weighted by atomic mass is 9.78. The predicted molar refractivity (Wildman–Crippen MR) is 118 cm³/mol. The van der Waals surface area contributed by atoms with E-state index in [2.05, 4.69) is 60.6 Å². The average Bonchev–Trinajstić information content (AvgIpc) is 3.42. The molecule has 2 atom stereocenters. The molecule has 0 N–H and O–H groups in total. The molecule has 0 radical (unpaired) electrons. The highest BCUT2D eigenvalue weighted by Crippen LogP contribution is 2.49. The van der Waals surface area contributed by atoms with Gasteiger partial charge in [0.2, 0.25) is 0 Å². The van der Waals surface area contributed by atoms with Crippen molar-refractivity contribution in [1.29, 1.82) is 0 Å².